The molecule has 1 spiro atoms. The molecule has 1 N–H and O–H groups in total. The van der Waals surface area contributed by atoms with Crippen LogP contribution in [0.2, 0.25) is 0 Å². The number of carbonyl (C=O) groups excluding carboxylic acids is 1. The molecule has 1 amide bonds. The monoisotopic (exact) mass is 553 g/mol. The van der Waals surface area contributed by atoms with E-state index < -0.39 is 5.82 Å². The molecule has 0 radical (unpaired) electrons. The van der Waals surface area contributed by atoms with E-state index in [-0.39, 0.29) is 23.1 Å². The Morgan fingerprint density at radius 1 is 1.24 bits per heavy atom. The highest BCUT2D eigenvalue weighted by atomic mass is 19.1. The van der Waals surface area contributed by atoms with E-state index in [0.717, 1.165) is 56.1 Å². The Balaban J connectivity index is 1.34. The summed E-state index contributed by atoms with van der Waals surface area (Å²) in [7, 11) is 1.86. The number of nitrogens with one attached hydrogen (secondary N) is 1. The largest absolute Gasteiger partial charge is 0.332 e. The van der Waals surface area contributed by atoms with Gasteiger partial charge in [-0.2, -0.15) is 0 Å². The van der Waals surface area contributed by atoms with E-state index in [4.69, 9.17) is 0 Å². The second-order valence-electron chi connectivity index (χ2n) is 11.4. The van der Waals surface area contributed by atoms with Crippen molar-refractivity contribution >= 4 is 23.2 Å². The van der Waals surface area contributed by atoms with Crippen molar-refractivity contribution in [3.63, 3.8) is 0 Å². The topological polar surface area (TPSA) is 71.0 Å². The zero-order valence-corrected chi connectivity index (χ0v) is 24.6. The van der Waals surface area contributed by atoms with Crippen molar-refractivity contribution in [2.24, 2.45) is 0 Å². The molecule has 214 valence electrons. The molecule has 0 bridgehead atoms. The molecule has 0 saturated heterocycles. The van der Waals surface area contributed by atoms with Crippen LogP contribution in [0.5, 0.6) is 0 Å². The average Bonchev–Trinajstić information content (AvgIpc) is 3.77. The van der Waals surface area contributed by atoms with E-state index in [9.17, 15) is 4.79 Å². The molecule has 41 heavy (non-hydrogen) atoms. The summed E-state index contributed by atoms with van der Waals surface area (Å²) in [4.78, 5) is 28.4. The molecular weight excluding hydrogens is 513 g/mol. The fraction of sp³-hybridized carbons (Fsp3) is 0.412. The van der Waals surface area contributed by atoms with Gasteiger partial charge in [-0.05, 0) is 93.1 Å². The number of hydrogen-bond acceptors (Lipinski definition) is 5. The van der Waals surface area contributed by atoms with Crippen LogP contribution in [0.3, 0.4) is 0 Å². The van der Waals surface area contributed by atoms with Gasteiger partial charge in [-0.25, -0.2) is 19.3 Å². The third kappa shape index (κ3) is 5.67. The van der Waals surface area contributed by atoms with Gasteiger partial charge in [-0.1, -0.05) is 55.9 Å². The number of aromatic nitrogens is 3. The molecule has 1 atom stereocenters. The number of hydrogen-bond donors (Lipinski definition) is 1. The molecule has 3 heterocycles. The van der Waals surface area contributed by atoms with Gasteiger partial charge in [0.15, 0.2) is 5.82 Å². The minimum atomic E-state index is -0.510. The molecule has 3 aliphatic rings. The molecule has 2 aromatic rings. The number of carbonyl (C=O) groups is 1. The summed E-state index contributed by atoms with van der Waals surface area (Å²) >= 11 is 0. The molecule has 2 aliphatic carbocycles. The van der Waals surface area contributed by atoms with Crippen molar-refractivity contribution in [2.75, 3.05) is 12.4 Å². The number of amides is 1. The van der Waals surface area contributed by atoms with Crippen molar-refractivity contribution in [3.8, 4) is 0 Å². The van der Waals surface area contributed by atoms with Crippen molar-refractivity contribution < 1.29 is 9.18 Å². The van der Waals surface area contributed by atoms with Gasteiger partial charge in [0, 0.05) is 18.8 Å². The maximum absolute atomic E-state index is 15.1. The minimum absolute atomic E-state index is 0.000333. The van der Waals surface area contributed by atoms with Crippen molar-refractivity contribution in [1.82, 2.24) is 19.9 Å². The van der Waals surface area contributed by atoms with Crippen LogP contribution in [0, 0.1) is 5.82 Å². The first-order chi connectivity index (χ1) is 19.8. The zero-order valence-electron chi connectivity index (χ0n) is 24.6. The molecule has 0 aromatic carbocycles. The smallest absolute Gasteiger partial charge is 0.254 e. The van der Waals surface area contributed by atoms with Gasteiger partial charge in [0.05, 0.1) is 11.7 Å². The first-order valence-corrected chi connectivity index (χ1v) is 14.7. The summed E-state index contributed by atoms with van der Waals surface area (Å²) in [5, 5.41) is 3.15. The van der Waals surface area contributed by atoms with Crippen molar-refractivity contribution in [3.05, 3.63) is 94.8 Å². The molecule has 2 aromatic heterocycles. The van der Waals surface area contributed by atoms with Crippen LogP contribution in [0.1, 0.15) is 89.3 Å². The van der Waals surface area contributed by atoms with Gasteiger partial charge in [0.2, 0.25) is 5.95 Å². The average molecular weight is 554 g/mol. The highest BCUT2D eigenvalue weighted by molar-refractivity contribution is 6.06. The van der Waals surface area contributed by atoms with E-state index in [0.29, 0.717) is 29.3 Å². The second kappa shape index (κ2) is 11.9. The number of halogens is 1. The number of allylic oxidation sites excluding steroid dienone is 5. The third-order valence-corrected chi connectivity index (χ3v) is 8.74. The van der Waals surface area contributed by atoms with Crippen LogP contribution in [0.15, 0.2) is 77.7 Å². The number of rotatable bonds is 11. The summed E-state index contributed by atoms with van der Waals surface area (Å²) in [6.45, 7) is 10.4. The van der Waals surface area contributed by atoms with Crippen LogP contribution in [-0.4, -0.2) is 38.3 Å². The summed E-state index contributed by atoms with van der Waals surface area (Å²) < 4.78 is 15.1. The van der Waals surface area contributed by atoms with Gasteiger partial charge >= 0.3 is 0 Å². The lowest BCUT2D eigenvalue weighted by Gasteiger charge is -2.21. The fourth-order valence-corrected chi connectivity index (χ4v) is 6.15. The standard InChI is InChI=1S/C34H40FN5O/c1-6-8-11-22(3)14-15-24(10-7-2)25-16-17-29(36-20-25)38-33-37-21-28(35)31(39-33)26-12-9-13-27-30(23(26)4)32(41)40(5)34(27)18-19-34/h6,8-9,13,16-17,20-21,24H,3,7,10-12,14-15,18-19H2,1-2,4-5H3,(H,36,37,38,39)/b8-6+. The lowest BCUT2D eigenvalue weighted by atomic mass is 9.89. The molecule has 5 rings (SSSR count). The minimum Gasteiger partial charge on any atom is -0.332 e. The van der Waals surface area contributed by atoms with E-state index in [1.807, 2.05) is 50.2 Å². The van der Waals surface area contributed by atoms with Crippen LogP contribution in [-0.2, 0) is 4.79 Å². The van der Waals surface area contributed by atoms with Crippen LogP contribution in [0.25, 0.3) is 5.57 Å². The second-order valence-corrected chi connectivity index (χ2v) is 11.4. The molecule has 6 nitrogen and oxygen atoms in total. The van der Waals surface area contributed by atoms with Crippen molar-refractivity contribution in [2.45, 2.75) is 83.6 Å². The fourth-order valence-electron chi connectivity index (χ4n) is 6.15. The van der Waals surface area contributed by atoms with Crippen molar-refractivity contribution in [1.29, 1.82) is 0 Å². The molecule has 1 aliphatic heterocycles. The Labute approximate surface area is 242 Å². The summed E-state index contributed by atoms with van der Waals surface area (Å²) in [6.07, 6.45) is 19.0. The Hall–Kier alpha value is -3.87. The Kier molecular flexibility index (Phi) is 8.34. The quantitative estimate of drug-likeness (QED) is 0.286. The van der Waals surface area contributed by atoms with Crippen LogP contribution in [0.4, 0.5) is 16.2 Å². The molecule has 7 heteroatoms. The third-order valence-electron chi connectivity index (χ3n) is 8.74. The Morgan fingerprint density at radius 3 is 2.73 bits per heavy atom. The Morgan fingerprint density at radius 2 is 2.05 bits per heavy atom. The van der Waals surface area contributed by atoms with E-state index >= 15 is 4.39 Å². The number of anilines is 2. The maximum atomic E-state index is 15.1. The summed E-state index contributed by atoms with van der Waals surface area (Å²) in [5.41, 5.74) is 5.70. The Bertz CT molecular complexity index is 1460. The van der Waals surface area contributed by atoms with Gasteiger partial charge in [0.25, 0.3) is 5.91 Å². The molecule has 1 unspecified atom stereocenters. The number of likely N-dealkylation sites (N-methyl/N-ethyl adjacent to an activating group) is 1. The molecule has 1 saturated carbocycles. The first kappa shape index (κ1) is 28.7. The van der Waals surface area contributed by atoms with Gasteiger partial charge < -0.3 is 10.2 Å². The number of nitrogens with zero attached hydrogens (tertiary/aromatic N) is 4. The van der Waals surface area contributed by atoms with E-state index in [1.54, 1.807) is 0 Å². The molecular formula is C34H40FN5O. The van der Waals surface area contributed by atoms with Gasteiger partial charge in [-0.3, -0.25) is 4.79 Å². The van der Waals surface area contributed by atoms with Crippen LogP contribution >= 0.6 is 0 Å². The van der Waals surface area contributed by atoms with E-state index in [2.05, 4.69) is 52.0 Å². The van der Waals surface area contributed by atoms with Gasteiger partial charge in [0.1, 0.15) is 11.5 Å². The lowest BCUT2D eigenvalue weighted by Crippen LogP contribution is -2.33. The lowest BCUT2D eigenvalue weighted by molar-refractivity contribution is -0.125. The molecule has 1 fully saturated rings. The predicted molar refractivity (Wildman–Crippen MR) is 163 cm³/mol. The highest BCUT2D eigenvalue weighted by Gasteiger charge is 2.57. The maximum Gasteiger partial charge on any atom is 0.254 e. The normalized spacial score (nSPS) is 18.4. The summed E-state index contributed by atoms with van der Waals surface area (Å²) in [5.74, 6) is 0.771. The van der Waals surface area contributed by atoms with Crippen LogP contribution < -0.4 is 5.32 Å². The summed E-state index contributed by atoms with van der Waals surface area (Å²) in [6, 6.07) is 4.03. The zero-order chi connectivity index (χ0) is 29.1. The van der Waals surface area contributed by atoms with E-state index in [1.165, 1.54) is 17.3 Å². The first-order valence-electron chi connectivity index (χ1n) is 14.7. The number of fused-ring (bicyclic) bond motifs is 1. The SMILES string of the molecule is C=C(C/C=C/C)CCC(CCC)c1ccc(Nc2ncc(F)c(C3=C(C)C4=C(C=CC3)C3(CC3)N(C)C4=O)n2)nc1. The predicted octanol–water partition coefficient (Wildman–Crippen LogP) is 7.98. The number of pyridine rings is 1. The van der Waals surface area contributed by atoms with Gasteiger partial charge in [-0.15, -0.1) is 0 Å². The highest BCUT2D eigenvalue weighted by Crippen LogP contribution is 2.55.